The number of esters is 1. The van der Waals surface area contributed by atoms with E-state index < -0.39 is 8.53 Å². The zero-order chi connectivity index (χ0) is 27.2. The van der Waals surface area contributed by atoms with Crippen molar-refractivity contribution in [2.24, 2.45) is 11.8 Å². The smallest absolute Gasteiger partial charge is 0.306 e. The van der Waals surface area contributed by atoms with Gasteiger partial charge in [-0.25, -0.2) is 11.2 Å². The molecule has 35 heavy (non-hydrogen) atoms. The molecular formula is C26H52N3O5P. The van der Waals surface area contributed by atoms with Gasteiger partial charge in [0.25, 0.3) is 8.53 Å². The molecule has 1 amide bonds. The van der Waals surface area contributed by atoms with Crippen LogP contribution in [-0.4, -0.2) is 61.5 Å². The molecular weight excluding hydrogens is 465 g/mol. The number of hydrogen-bond donors (Lipinski definition) is 1. The maximum absolute atomic E-state index is 11.3. The number of rotatable bonds is 18. The molecule has 9 heteroatoms. The SMILES string of the molecule is CCNC(=O)CCC(=O)OCC(CC)CC.[C-]#[N+]CCOP(OCC(C)CC)N(C(C)C)C(C)C. The summed E-state index contributed by atoms with van der Waals surface area (Å²) in [7, 11) is -1.06. The molecule has 0 aromatic carbocycles. The summed E-state index contributed by atoms with van der Waals surface area (Å²) in [4.78, 5) is 25.7. The van der Waals surface area contributed by atoms with E-state index in [4.69, 9.17) is 20.4 Å². The molecule has 0 saturated heterocycles. The Bertz CT molecular complexity index is 572. The fourth-order valence-electron chi connectivity index (χ4n) is 2.93. The molecule has 0 heterocycles. The Morgan fingerprint density at radius 1 is 0.914 bits per heavy atom. The normalized spacial score (nSPS) is 12.8. The van der Waals surface area contributed by atoms with Crippen LogP contribution in [0, 0.1) is 18.4 Å². The molecule has 0 spiro atoms. The quantitative estimate of drug-likeness (QED) is 0.101. The van der Waals surface area contributed by atoms with E-state index in [9.17, 15) is 9.59 Å². The lowest BCUT2D eigenvalue weighted by Gasteiger charge is -2.35. The van der Waals surface area contributed by atoms with E-state index >= 15 is 0 Å². The Labute approximate surface area is 216 Å². The van der Waals surface area contributed by atoms with Gasteiger partial charge in [-0.15, -0.1) is 0 Å². The molecule has 0 aliphatic rings. The molecule has 0 aromatic rings. The zero-order valence-corrected chi connectivity index (χ0v) is 24.7. The van der Waals surface area contributed by atoms with Gasteiger partial charge in [-0.2, -0.15) is 0 Å². The predicted octanol–water partition coefficient (Wildman–Crippen LogP) is 6.21. The van der Waals surface area contributed by atoms with Crippen LogP contribution >= 0.6 is 8.53 Å². The third kappa shape index (κ3) is 19.6. The first kappa shape index (κ1) is 35.9. The van der Waals surface area contributed by atoms with Crippen molar-refractivity contribution in [2.45, 2.75) is 107 Å². The maximum atomic E-state index is 11.3. The van der Waals surface area contributed by atoms with Gasteiger partial charge < -0.3 is 23.9 Å². The van der Waals surface area contributed by atoms with Crippen LogP contribution in [0.3, 0.4) is 0 Å². The number of carbonyl (C=O) groups is 2. The average Bonchev–Trinajstić information content (AvgIpc) is 2.81. The van der Waals surface area contributed by atoms with Gasteiger partial charge in [-0.05, 0) is 46.5 Å². The van der Waals surface area contributed by atoms with E-state index in [0.717, 1.165) is 25.9 Å². The maximum Gasteiger partial charge on any atom is 0.306 e. The Balaban J connectivity index is 0. The first-order valence-electron chi connectivity index (χ1n) is 13.2. The highest BCUT2D eigenvalue weighted by Gasteiger charge is 2.27. The molecule has 0 saturated carbocycles. The van der Waals surface area contributed by atoms with E-state index in [2.05, 4.69) is 70.2 Å². The van der Waals surface area contributed by atoms with Crippen LogP contribution in [0.15, 0.2) is 0 Å². The van der Waals surface area contributed by atoms with Crippen molar-refractivity contribution < 1.29 is 23.4 Å². The van der Waals surface area contributed by atoms with E-state index in [1.54, 1.807) is 0 Å². The summed E-state index contributed by atoms with van der Waals surface area (Å²) in [5.74, 6) is 0.601. The number of nitrogens with one attached hydrogen (secondary N) is 1. The van der Waals surface area contributed by atoms with Crippen molar-refractivity contribution in [3.63, 3.8) is 0 Å². The Morgan fingerprint density at radius 3 is 1.97 bits per heavy atom. The number of amides is 1. The van der Waals surface area contributed by atoms with Crippen LogP contribution in [0.2, 0.25) is 0 Å². The molecule has 1 N–H and O–H groups in total. The average molecular weight is 518 g/mol. The lowest BCUT2D eigenvalue weighted by Crippen LogP contribution is -2.34. The summed E-state index contributed by atoms with van der Waals surface area (Å²) in [5, 5.41) is 2.64. The second-order valence-electron chi connectivity index (χ2n) is 9.15. The molecule has 0 aliphatic heterocycles. The molecule has 0 rings (SSSR count). The summed E-state index contributed by atoms with van der Waals surface area (Å²) >= 11 is 0. The minimum atomic E-state index is -1.06. The predicted molar refractivity (Wildman–Crippen MR) is 145 cm³/mol. The summed E-state index contributed by atoms with van der Waals surface area (Å²) in [6, 6.07) is 0.743. The zero-order valence-electron chi connectivity index (χ0n) is 23.8. The van der Waals surface area contributed by atoms with Crippen LogP contribution < -0.4 is 5.32 Å². The van der Waals surface area contributed by atoms with Gasteiger partial charge in [-0.3, -0.25) is 9.59 Å². The second-order valence-corrected chi connectivity index (χ2v) is 10.6. The highest BCUT2D eigenvalue weighted by molar-refractivity contribution is 7.44. The van der Waals surface area contributed by atoms with Gasteiger partial charge in [0, 0.05) is 25.0 Å². The molecule has 0 aromatic heterocycles. The summed E-state index contributed by atoms with van der Waals surface area (Å²) in [5.41, 5.74) is 0. The third-order valence-electron chi connectivity index (χ3n) is 5.38. The first-order valence-corrected chi connectivity index (χ1v) is 14.3. The Hall–Kier alpha value is -1.26. The van der Waals surface area contributed by atoms with E-state index in [1.807, 2.05) is 6.92 Å². The van der Waals surface area contributed by atoms with E-state index in [1.165, 1.54) is 0 Å². The van der Waals surface area contributed by atoms with E-state index in [0.29, 0.717) is 50.2 Å². The first-order chi connectivity index (χ1) is 16.6. The second kappa shape index (κ2) is 23.2. The third-order valence-corrected chi connectivity index (χ3v) is 7.46. The highest BCUT2D eigenvalue weighted by atomic mass is 31.2. The van der Waals surface area contributed by atoms with Gasteiger partial charge in [-0.1, -0.05) is 47.0 Å². The van der Waals surface area contributed by atoms with Crippen molar-refractivity contribution in [3.05, 3.63) is 11.4 Å². The van der Waals surface area contributed by atoms with Gasteiger partial charge >= 0.3 is 5.97 Å². The highest BCUT2D eigenvalue weighted by Crippen LogP contribution is 2.46. The lowest BCUT2D eigenvalue weighted by molar-refractivity contribution is -0.146. The minimum absolute atomic E-state index is 0.0954. The van der Waals surface area contributed by atoms with Crippen molar-refractivity contribution in [3.8, 4) is 0 Å². The van der Waals surface area contributed by atoms with Crippen LogP contribution in [0.1, 0.15) is 94.4 Å². The molecule has 0 bridgehead atoms. The fourth-order valence-corrected chi connectivity index (χ4v) is 4.64. The Morgan fingerprint density at radius 2 is 1.51 bits per heavy atom. The number of nitrogens with zero attached hydrogens (tertiary/aromatic N) is 2. The number of ether oxygens (including phenoxy) is 1. The van der Waals surface area contributed by atoms with Crippen LogP contribution in [0.5, 0.6) is 0 Å². The van der Waals surface area contributed by atoms with Crippen LogP contribution in [0.4, 0.5) is 0 Å². The van der Waals surface area contributed by atoms with Crippen LogP contribution in [-0.2, 0) is 23.4 Å². The summed E-state index contributed by atoms with van der Waals surface area (Å²) in [6.45, 7) is 28.4. The van der Waals surface area contributed by atoms with E-state index in [-0.39, 0.29) is 24.7 Å². The standard InChI is InChI=1S/C14H29N2O2P.C12H23NO3/c1-8-14(6)11-18-19(17-10-9-15-7)16(12(2)3)13(4)5;1-4-10(5-2)9-16-12(15)8-7-11(14)13-6-3/h12-14H,8-11H2,1-6H3;10H,4-9H2,1-3H3,(H,13,14). The molecule has 0 aliphatic carbocycles. The van der Waals surface area contributed by atoms with Gasteiger partial charge in [0.2, 0.25) is 12.5 Å². The van der Waals surface area contributed by atoms with Crippen molar-refractivity contribution >= 4 is 20.4 Å². The summed E-state index contributed by atoms with van der Waals surface area (Å²) < 4.78 is 19.2. The molecule has 2 atom stereocenters. The molecule has 0 radical (unpaired) electrons. The molecule has 8 nitrogen and oxygen atoms in total. The molecule has 206 valence electrons. The lowest BCUT2D eigenvalue weighted by atomic mass is 10.1. The van der Waals surface area contributed by atoms with Gasteiger partial charge in [0.1, 0.15) is 6.61 Å². The molecule has 0 fully saturated rings. The topological polar surface area (TPSA) is 81.5 Å². The van der Waals surface area contributed by atoms with Crippen molar-refractivity contribution in [2.75, 3.05) is 32.9 Å². The minimum Gasteiger partial charge on any atom is -0.465 e. The van der Waals surface area contributed by atoms with Gasteiger partial charge in [0.05, 0.1) is 19.6 Å². The fraction of sp³-hybridized carbons (Fsp3) is 0.885. The largest absolute Gasteiger partial charge is 0.465 e. The van der Waals surface area contributed by atoms with Crippen molar-refractivity contribution in [1.82, 2.24) is 9.99 Å². The van der Waals surface area contributed by atoms with Gasteiger partial charge in [0.15, 0.2) is 0 Å². The van der Waals surface area contributed by atoms with Crippen molar-refractivity contribution in [1.29, 1.82) is 0 Å². The number of hydrogen-bond acceptors (Lipinski definition) is 6. The number of carbonyl (C=O) groups excluding carboxylic acids is 2. The monoisotopic (exact) mass is 517 g/mol. The Kier molecular flexibility index (Phi) is 23.8. The summed E-state index contributed by atoms with van der Waals surface area (Å²) in [6.07, 6.45) is 3.52. The van der Waals surface area contributed by atoms with Crippen LogP contribution in [0.25, 0.3) is 4.85 Å². The molecule has 2 unspecified atom stereocenters.